The highest BCUT2D eigenvalue weighted by molar-refractivity contribution is 7.86. The maximum Gasteiger partial charge on any atom is 0.188 e. The zero-order valence-corrected chi connectivity index (χ0v) is 28.3. The second-order valence-electron chi connectivity index (χ2n) is 13.0. The molecule has 0 amide bonds. The van der Waals surface area contributed by atoms with Crippen LogP contribution in [0.1, 0.15) is 11.1 Å². The molecule has 240 valence electrons. The van der Waals surface area contributed by atoms with E-state index in [1.807, 2.05) is 115 Å². The Labute approximate surface area is 298 Å². The Kier molecular flexibility index (Phi) is 6.24. The lowest BCUT2D eigenvalue weighted by molar-refractivity contribution is 0.593. The Morgan fingerprint density at radius 3 is 1.60 bits per heavy atom. The molecule has 52 heavy (non-hydrogen) atoms. The predicted molar refractivity (Wildman–Crippen MR) is 209 cm³/mol. The third kappa shape index (κ3) is 4.01. The third-order valence-corrected chi connectivity index (χ3v) is 13.5. The molecule has 0 saturated carbocycles. The lowest BCUT2D eigenvalue weighted by Crippen LogP contribution is -2.20. The van der Waals surface area contributed by atoms with Gasteiger partial charge in [0.2, 0.25) is 0 Å². The molecule has 9 aromatic rings. The number of hydrogen-bond donors (Lipinski definition) is 0. The summed E-state index contributed by atoms with van der Waals surface area (Å²) in [5.74, 6) is 0. The van der Waals surface area contributed by atoms with Crippen molar-refractivity contribution in [2.24, 2.45) is 0 Å². The predicted octanol–water partition coefficient (Wildman–Crippen LogP) is 9.79. The summed E-state index contributed by atoms with van der Waals surface area (Å²) in [5.41, 5.74) is 9.14. The van der Waals surface area contributed by atoms with Gasteiger partial charge in [-0.2, -0.15) is 10.5 Å². The molecule has 6 nitrogen and oxygen atoms in total. The van der Waals surface area contributed by atoms with Crippen molar-refractivity contribution >= 4 is 72.4 Å². The number of rotatable bonds is 3. The first-order valence-electron chi connectivity index (χ1n) is 16.8. The van der Waals surface area contributed by atoms with Gasteiger partial charge in [0.05, 0.1) is 51.9 Å². The van der Waals surface area contributed by atoms with Crippen LogP contribution in [0.5, 0.6) is 0 Å². The van der Waals surface area contributed by atoms with E-state index in [0.717, 1.165) is 82.0 Å². The Morgan fingerprint density at radius 1 is 0.519 bits per heavy atom. The van der Waals surface area contributed by atoms with Gasteiger partial charge < -0.3 is 13.7 Å². The minimum absolute atomic E-state index is 0.530. The summed E-state index contributed by atoms with van der Waals surface area (Å²) in [7, 11) is -3.24. The SMILES string of the molecule is [C-]#[N+]c1ccc2c(c1)c1cc(C#N)ccc1n2-c1ccc2c(c1)-c1cc(-n3c4ccccc4c4cc(C#N)ccc43)ccc1P2(=O)c1ccccc1. The molecule has 1 aliphatic heterocycles. The van der Waals surface area contributed by atoms with Gasteiger partial charge in [0.15, 0.2) is 12.8 Å². The Bertz CT molecular complexity index is 3130. The van der Waals surface area contributed by atoms with Crippen molar-refractivity contribution < 1.29 is 4.57 Å². The van der Waals surface area contributed by atoms with Crippen molar-refractivity contribution in [3.05, 3.63) is 168 Å². The molecule has 0 radical (unpaired) electrons. The highest BCUT2D eigenvalue weighted by Crippen LogP contribution is 2.53. The number of benzene rings is 7. The molecule has 0 fully saturated rings. The van der Waals surface area contributed by atoms with E-state index in [9.17, 15) is 10.5 Å². The molecule has 0 spiro atoms. The van der Waals surface area contributed by atoms with Crippen molar-refractivity contribution in [2.75, 3.05) is 0 Å². The first kappa shape index (κ1) is 29.7. The van der Waals surface area contributed by atoms with Gasteiger partial charge in [-0.05, 0) is 108 Å². The number of fused-ring (bicyclic) bond motifs is 9. The summed E-state index contributed by atoms with van der Waals surface area (Å²) in [5, 5.41) is 25.6. The van der Waals surface area contributed by atoms with Gasteiger partial charge in [0, 0.05) is 43.4 Å². The number of para-hydroxylation sites is 1. The Morgan fingerprint density at radius 2 is 1.02 bits per heavy atom. The van der Waals surface area contributed by atoms with Crippen LogP contribution in [-0.4, -0.2) is 9.13 Å². The zero-order chi connectivity index (χ0) is 35.1. The molecule has 1 aliphatic rings. The van der Waals surface area contributed by atoms with Gasteiger partial charge in [0.25, 0.3) is 0 Å². The molecular formula is C45H24N5OP. The molecule has 0 N–H and O–H groups in total. The molecular weight excluding hydrogens is 658 g/mol. The van der Waals surface area contributed by atoms with E-state index in [2.05, 4.69) is 56.4 Å². The van der Waals surface area contributed by atoms with Crippen LogP contribution >= 0.6 is 7.14 Å². The fourth-order valence-electron chi connectivity index (χ4n) is 8.10. The normalized spacial score (nSPS) is 14.6. The van der Waals surface area contributed by atoms with E-state index < -0.39 is 7.14 Å². The second-order valence-corrected chi connectivity index (χ2v) is 15.7. The van der Waals surface area contributed by atoms with Gasteiger partial charge in [-0.1, -0.05) is 54.6 Å². The summed E-state index contributed by atoms with van der Waals surface area (Å²) in [6.07, 6.45) is 0. The summed E-state index contributed by atoms with van der Waals surface area (Å²) >= 11 is 0. The van der Waals surface area contributed by atoms with E-state index in [0.29, 0.717) is 16.8 Å². The smallest absolute Gasteiger partial charge is 0.188 e. The molecule has 0 aliphatic carbocycles. The minimum atomic E-state index is -3.24. The average molecular weight is 682 g/mol. The number of nitriles is 2. The number of nitrogens with zero attached hydrogens (tertiary/aromatic N) is 5. The first-order chi connectivity index (χ1) is 25.5. The molecule has 0 bridgehead atoms. The fraction of sp³-hybridized carbons (Fsp3) is 0. The van der Waals surface area contributed by atoms with Gasteiger partial charge in [-0.25, -0.2) is 4.85 Å². The molecule has 1 atom stereocenters. The first-order valence-corrected chi connectivity index (χ1v) is 18.5. The van der Waals surface area contributed by atoms with Crippen LogP contribution in [0.3, 0.4) is 0 Å². The Hall–Kier alpha value is -7.16. The zero-order valence-electron chi connectivity index (χ0n) is 27.4. The van der Waals surface area contributed by atoms with Crippen LogP contribution in [0.15, 0.2) is 146 Å². The van der Waals surface area contributed by atoms with Gasteiger partial charge >= 0.3 is 0 Å². The third-order valence-electron chi connectivity index (χ3n) is 10.4. The molecule has 7 heteroatoms. The maximum absolute atomic E-state index is 15.6. The van der Waals surface area contributed by atoms with E-state index in [4.69, 9.17) is 6.57 Å². The lowest BCUT2D eigenvalue weighted by Gasteiger charge is -2.17. The van der Waals surface area contributed by atoms with Crippen LogP contribution < -0.4 is 15.9 Å². The van der Waals surface area contributed by atoms with E-state index in [1.165, 1.54) is 0 Å². The topological polar surface area (TPSA) is 78.9 Å². The summed E-state index contributed by atoms with van der Waals surface area (Å²) in [4.78, 5) is 3.67. The quantitative estimate of drug-likeness (QED) is 0.138. The molecule has 10 rings (SSSR count). The van der Waals surface area contributed by atoms with Crippen LogP contribution in [0.25, 0.3) is 71.0 Å². The van der Waals surface area contributed by atoms with Crippen molar-refractivity contribution in [3.63, 3.8) is 0 Å². The van der Waals surface area contributed by atoms with Crippen molar-refractivity contribution in [3.8, 4) is 34.6 Å². The standard InChI is InChI=1S/C45H24N5OP/c1-48-30-13-18-43-37(23-30)36-22-29(27-47)12-17-42(36)50(43)32-15-20-45-39(25-32)38-24-31(14-19-44(38)52(45,51)33-7-3-2-4-8-33)49-40-10-6-5-9-34(40)35-21-28(26-46)11-16-41(35)49/h2-25H. The largest absolute Gasteiger partial charge is 0.309 e. The van der Waals surface area contributed by atoms with Crippen molar-refractivity contribution in [1.29, 1.82) is 10.5 Å². The fourth-order valence-corrected chi connectivity index (χ4v) is 11.1. The highest BCUT2D eigenvalue weighted by Gasteiger charge is 2.40. The minimum Gasteiger partial charge on any atom is -0.309 e. The monoisotopic (exact) mass is 681 g/mol. The van der Waals surface area contributed by atoms with Crippen LogP contribution in [-0.2, 0) is 4.57 Å². The molecule has 1 unspecified atom stereocenters. The lowest BCUT2D eigenvalue weighted by atomic mass is 10.0. The maximum atomic E-state index is 15.6. The van der Waals surface area contributed by atoms with E-state index in [-0.39, 0.29) is 0 Å². The molecule has 2 aromatic heterocycles. The van der Waals surface area contributed by atoms with Gasteiger partial charge in [-0.3, -0.25) is 0 Å². The van der Waals surface area contributed by atoms with Crippen molar-refractivity contribution in [2.45, 2.75) is 0 Å². The van der Waals surface area contributed by atoms with Crippen molar-refractivity contribution in [1.82, 2.24) is 9.13 Å². The number of hydrogen-bond acceptors (Lipinski definition) is 3. The van der Waals surface area contributed by atoms with E-state index >= 15 is 4.57 Å². The van der Waals surface area contributed by atoms with Crippen LogP contribution in [0.2, 0.25) is 0 Å². The average Bonchev–Trinajstić information content (AvgIpc) is 3.80. The molecule has 3 heterocycles. The molecule has 7 aromatic carbocycles. The summed E-state index contributed by atoms with van der Waals surface area (Å²) in [6.45, 7) is 7.64. The van der Waals surface area contributed by atoms with Gasteiger partial charge in [0.1, 0.15) is 0 Å². The Balaban J connectivity index is 1.26. The molecule has 0 saturated heterocycles. The van der Waals surface area contributed by atoms with Crippen LogP contribution in [0, 0.1) is 29.2 Å². The van der Waals surface area contributed by atoms with E-state index in [1.54, 1.807) is 0 Å². The second kappa shape index (κ2) is 10.9. The number of aromatic nitrogens is 2. The summed E-state index contributed by atoms with van der Waals surface area (Å²) in [6, 6.07) is 52.0. The van der Waals surface area contributed by atoms with Gasteiger partial charge in [-0.15, -0.1) is 0 Å². The van der Waals surface area contributed by atoms with Crippen LogP contribution in [0.4, 0.5) is 5.69 Å². The summed E-state index contributed by atoms with van der Waals surface area (Å²) < 4.78 is 20.0. The highest BCUT2D eigenvalue weighted by atomic mass is 31.2.